The van der Waals surface area contributed by atoms with Crippen LogP contribution in [-0.2, 0) is 16.0 Å². The topological polar surface area (TPSA) is 101 Å². The number of hydrogen-bond donors (Lipinski definition) is 4. The largest absolute Gasteiger partial charge is 0.325 e. The van der Waals surface area contributed by atoms with Crippen LogP contribution >= 0.6 is 24.2 Å². The van der Waals surface area contributed by atoms with Gasteiger partial charge in [0.25, 0.3) is 0 Å². The molecular weight excluding hydrogens is 470 g/mol. The average Bonchev–Trinajstić information content (AvgIpc) is 2.89. The lowest BCUT2D eigenvalue weighted by Crippen LogP contribution is -2.37. The molecule has 34 heavy (non-hydrogen) atoms. The van der Waals surface area contributed by atoms with E-state index in [9.17, 15) is 14.4 Å². The number of nitrogens with one attached hydrogen (secondary N) is 2. The van der Waals surface area contributed by atoms with Crippen LogP contribution in [0.3, 0.4) is 0 Å². The molecular formula is C26H28ClN3O3S. The van der Waals surface area contributed by atoms with Crippen LogP contribution in [0.1, 0.15) is 27.9 Å². The number of carbonyl (C=O) groups excluding carboxylic acids is 3. The molecule has 0 aliphatic carbocycles. The van der Waals surface area contributed by atoms with Gasteiger partial charge in [-0.3, -0.25) is 14.4 Å². The highest BCUT2D eigenvalue weighted by atomic mass is 35.5. The predicted molar refractivity (Wildman–Crippen MR) is 142 cm³/mol. The number of rotatable bonds is 9. The third-order valence-electron chi connectivity index (χ3n) is 4.86. The minimum Gasteiger partial charge on any atom is -0.325 e. The number of halogens is 1. The number of thiol groups is 1. The Morgan fingerprint density at radius 1 is 0.912 bits per heavy atom. The van der Waals surface area contributed by atoms with Crippen molar-refractivity contribution in [2.45, 2.75) is 18.9 Å². The van der Waals surface area contributed by atoms with Gasteiger partial charge in [0.1, 0.15) is 0 Å². The van der Waals surface area contributed by atoms with Gasteiger partial charge in [0.2, 0.25) is 11.8 Å². The van der Waals surface area contributed by atoms with E-state index in [1.54, 1.807) is 42.5 Å². The zero-order valence-corrected chi connectivity index (χ0v) is 20.5. The van der Waals surface area contributed by atoms with Crippen molar-refractivity contribution in [3.8, 4) is 0 Å². The van der Waals surface area contributed by atoms with Gasteiger partial charge in [-0.1, -0.05) is 60.7 Å². The first-order valence-electron chi connectivity index (χ1n) is 10.6. The summed E-state index contributed by atoms with van der Waals surface area (Å²) < 4.78 is 0. The molecule has 3 aromatic rings. The second kappa shape index (κ2) is 14.2. The molecule has 0 aliphatic rings. The number of nitrogens with two attached hydrogens (primary N) is 1. The Balaban J connectivity index is 0.00000199. The fourth-order valence-electron chi connectivity index (χ4n) is 3.10. The third kappa shape index (κ3) is 8.02. The normalized spacial score (nSPS) is 10.9. The molecule has 0 aromatic heterocycles. The van der Waals surface area contributed by atoms with Crippen molar-refractivity contribution in [2.75, 3.05) is 22.8 Å². The summed E-state index contributed by atoms with van der Waals surface area (Å²) in [5, 5.41) is 5.53. The summed E-state index contributed by atoms with van der Waals surface area (Å²) in [7, 11) is 0. The van der Waals surface area contributed by atoms with Gasteiger partial charge in [0.05, 0.1) is 11.7 Å². The van der Waals surface area contributed by atoms with Crippen LogP contribution in [0.2, 0.25) is 0 Å². The molecule has 2 amide bonds. The fourth-order valence-corrected chi connectivity index (χ4v) is 3.26. The molecule has 0 spiro atoms. The van der Waals surface area contributed by atoms with E-state index in [1.165, 1.54) is 6.38 Å². The number of benzene rings is 3. The highest BCUT2D eigenvalue weighted by Crippen LogP contribution is 2.24. The van der Waals surface area contributed by atoms with Gasteiger partial charge in [0.15, 0.2) is 5.78 Å². The van der Waals surface area contributed by atoms with Gasteiger partial charge in [-0.15, -0.1) is 11.6 Å². The maximum absolute atomic E-state index is 13.2. The Morgan fingerprint density at radius 2 is 1.53 bits per heavy atom. The summed E-state index contributed by atoms with van der Waals surface area (Å²) in [6, 6.07) is 22.5. The second-order valence-electron chi connectivity index (χ2n) is 7.27. The zero-order chi connectivity index (χ0) is 24.9. The third-order valence-corrected chi connectivity index (χ3v) is 5.25. The van der Waals surface area contributed by atoms with Gasteiger partial charge in [-0.2, -0.15) is 12.6 Å². The molecule has 3 aromatic carbocycles. The van der Waals surface area contributed by atoms with E-state index in [4.69, 9.17) is 5.73 Å². The number of aryl methyl sites for hydroxylation is 1. The lowest BCUT2D eigenvalue weighted by Gasteiger charge is -2.15. The van der Waals surface area contributed by atoms with Crippen LogP contribution in [0.4, 0.5) is 11.4 Å². The van der Waals surface area contributed by atoms with Gasteiger partial charge in [0, 0.05) is 35.4 Å². The molecule has 0 fully saturated rings. The van der Waals surface area contributed by atoms with E-state index in [1.807, 2.05) is 36.4 Å². The van der Waals surface area contributed by atoms with Crippen molar-refractivity contribution >= 4 is 53.2 Å². The number of anilines is 2. The lowest BCUT2D eigenvalue weighted by atomic mass is 10.0. The van der Waals surface area contributed by atoms with Crippen LogP contribution in [0, 0.1) is 0 Å². The molecule has 178 valence electrons. The van der Waals surface area contributed by atoms with E-state index in [-0.39, 0.29) is 29.4 Å². The first kappa shape index (κ1) is 27.1. The van der Waals surface area contributed by atoms with Crippen LogP contribution < -0.4 is 16.4 Å². The zero-order valence-electron chi connectivity index (χ0n) is 18.8. The number of carbonyl (C=O) groups is 3. The highest BCUT2D eigenvalue weighted by Gasteiger charge is 2.18. The van der Waals surface area contributed by atoms with E-state index < -0.39 is 11.9 Å². The Hall–Kier alpha value is -3.13. The van der Waals surface area contributed by atoms with Crippen molar-refractivity contribution < 1.29 is 14.4 Å². The van der Waals surface area contributed by atoms with Crippen molar-refractivity contribution in [3.63, 3.8) is 0 Å². The summed E-state index contributed by atoms with van der Waals surface area (Å²) in [5.74, 6) is -0.682. The molecule has 0 aliphatic heterocycles. The Morgan fingerprint density at radius 3 is 2.15 bits per heavy atom. The quantitative estimate of drug-likeness (QED) is 0.198. The minimum absolute atomic E-state index is 0.192. The smallest absolute Gasteiger partial charge is 0.242 e. The predicted octanol–water partition coefficient (Wildman–Crippen LogP) is 4.54. The maximum Gasteiger partial charge on any atom is 0.242 e. The summed E-state index contributed by atoms with van der Waals surface area (Å²) in [5.41, 5.74) is 8.32. The first-order valence-corrected chi connectivity index (χ1v) is 12.0. The summed E-state index contributed by atoms with van der Waals surface area (Å²) >= 11 is 8.67. The number of ketones is 1. The molecule has 0 saturated heterocycles. The standard InChI is InChI=1S/C25H25N3O3S.CH3Cl/c26-21(16-32)25(31)27-19-12-13-22(20(15-19)24(30)18-9-5-2-6-10-18)28-23(29)14-11-17-7-3-1-4-8-17;1-2/h1-10,12-13,15,21,32H,11,14,16,26H2,(H,27,31)(H,28,29);1H3. The molecule has 0 saturated carbocycles. The van der Waals surface area contributed by atoms with Crippen LogP contribution in [0.25, 0.3) is 0 Å². The molecule has 1 unspecified atom stereocenters. The molecule has 0 bridgehead atoms. The molecule has 3 rings (SSSR count). The van der Waals surface area contributed by atoms with E-state index in [2.05, 4.69) is 34.9 Å². The Labute approximate surface area is 210 Å². The molecule has 6 nitrogen and oxygen atoms in total. The number of hydrogen-bond acceptors (Lipinski definition) is 5. The highest BCUT2D eigenvalue weighted by molar-refractivity contribution is 7.80. The van der Waals surface area contributed by atoms with Gasteiger partial charge in [-0.05, 0) is 30.2 Å². The number of alkyl halides is 1. The van der Waals surface area contributed by atoms with Gasteiger partial charge in [-0.25, -0.2) is 0 Å². The van der Waals surface area contributed by atoms with Gasteiger partial charge >= 0.3 is 0 Å². The van der Waals surface area contributed by atoms with Crippen molar-refractivity contribution in [3.05, 3.63) is 95.6 Å². The average molecular weight is 498 g/mol. The summed E-state index contributed by atoms with van der Waals surface area (Å²) in [6.45, 7) is 0. The molecule has 0 heterocycles. The fraction of sp³-hybridized carbons (Fsp3) is 0.192. The van der Waals surface area contributed by atoms with E-state index in [0.29, 0.717) is 23.4 Å². The van der Waals surface area contributed by atoms with E-state index in [0.717, 1.165) is 5.56 Å². The van der Waals surface area contributed by atoms with Crippen LogP contribution in [-0.4, -0.2) is 35.8 Å². The van der Waals surface area contributed by atoms with Crippen molar-refractivity contribution in [1.82, 2.24) is 0 Å². The second-order valence-corrected chi connectivity index (χ2v) is 7.63. The number of amides is 2. The molecule has 8 heteroatoms. The maximum atomic E-state index is 13.2. The molecule has 0 radical (unpaired) electrons. The van der Waals surface area contributed by atoms with Crippen LogP contribution in [0.15, 0.2) is 78.9 Å². The monoisotopic (exact) mass is 497 g/mol. The van der Waals surface area contributed by atoms with Gasteiger partial charge < -0.3 is 16.4 Å². The summed E-state index contributed by atoms with van der Waals surface area (Å²) in [4.78, 5) is 37.9. The molecule has 1 atom stereocenters. The lowest BCUT2D eigenvalue weighted by molar-refractivity contribution is -0.117. The SMILES string of the molecule is CCl.NC(CS)C(=O)Nc1ccc(NC(=O)CCc2ccccc2)c(C(=O)c2ccccc2)c1. The Bertz CT molecular complexity index is 1090. The summed E-state index contributed by atoms with van der Waals surface area (Å²) in [6.07, 6.45) is 2.34. The Kier molecular flexibility index (Phi) is 11.3. The first-order chi connectivity index (χ1) is 16.5. The van der Waals surface area contributed by atoms with Crippen LogP contribution in [0.5, 0.6) is 0 Å². The van der Waals surface area contributed by atoms with Crippen molar-refractivity contribution in [2.24, 2.45) is 5.73 Å². The minimum atomic E-state index is -0.774. The van der Waals surface area contributed by atoms with Crippen molar-refractivity contribution in [1.29, 1.82) is 0 Å². The molecule has 4 N–H and O–H groups in total. The van der Waals surface area contributed by atoms with E-state index >= 15 is 0 Å².